The fraction of sp³-hybridized carbons (Fsp3) is 0.333. The van der Waals surface area contributed by atoms with E-state index in [-0.39, 0.29) is 16.7 Å². The highest BCUT2D eigenvalue weighted by Crippen LogP contribution is 2.30. The normalized spacial score (nSPS) is 16.1. The second-order valence-electron chi connectivity index (χ2n) is 3.83. The topological polar surface area (TPSA) is 125 Å². The van der Waals surface area contributed by atoms with E-state index in [4.69, 9.17) is 9.88 Å². The van der Waals surface area contributed by atoms with E-state index in [1.807, 2.05) is 0 Å². The third-order valence-corrected chi connectivity index (χ3v) is 3.40. The summed E-state index contributed by atoms with van der Waals surface area (Å²) < 4.78 is 27.6. The van der Waals surface area contributed by atoms with Gasteiger partial charge in [0.1, 0.15) is 6.10 Å². The molecule has 18 heavy (non-hydrogen) atoms. The van der Waals surface area contributed by atoms with Gasteiger partial charge in [0.15, 0.2) is 5.75 Å². The fourth-order valence-electron chi connectivity index (χ4n) is 1.44. The first-order valence-electron chi connectivity index (χ1n) is 5.06. The van der Waals surface area contributed by atoms with Gasteiger partial charge in [-0.05, 0) is 12.1 Å². The van der Waals surface area contributed by atoms with Crippen LogP contribution in [0.3, 0.4) is 0 Å². The van der Waals surface area contributed by atoms with Gasteiger partial charge in [-0.2, -0.15) is 0 Å². The van der Waals surface area contributed by atoms with Crippen molar-refractivity contribution in [3.8, 4) is 5.75 Å². The molecule has 98 valence electrons. The molecular weight excluding hydrogens is 262 g/mol. The number of sulfonamides is 1. The third kappa shape index (κ3) is 2.58. The predicted octanol–water partition coefficient (Wildman–Crippen LogP) is -0.407. The Hall–Kier alpha value is -1.71. The number of rotatable bonds is 4. The van der Waals surface area contributed by atoms with Crippen LogP contribution in [0.2, 0.25) is 0 Å². The van der Waals surface area contributed by atoms with Gasteiger partial charge in [0, 0.05) is 19.2 Å². The number of nitro groups is 1. The van der Waals surface area contributed by atoms with Crippen LogP contribution in [-0.4, -0.2) is 32.5 Å². The summed E-state index contributed by atoms with van der Waals surface area (Å²) in [6.45, 7) is 1.21. The van der Waals surface area contributed by atoms with Crippen molar-refractivity contribution in [3.05, 3.63) is 28.3 Å². The molecule has 9 heteroatoms. The Bertz CT molecular complexity index is 582. The molecule has 1 aromatic rings. The largest absolute Gasteiger partial charge is 0.481 e. The smallest absolute Gasteiger partial charge is 0.312 e. The van der Waals surface area contributed by atoms with E-state index >= 15 is 0 Å². The quantitative estimate of drug-likeness (QED) is 0.567. The molecule has 1 fully saturated rings. The lowest BCUT2D eigenvalue weighted by Crippen LogP contribution is -2.50. The van der Waals surface area contributed by atoms with Crippen molar-refractivity contribution in [3.63, 3.8) is 0 Å². The summed E-state index contributed by atoms with van der Waals surface area (Å²) in [4.78, 5) is 9.85. The molecule has 0 amide bonds. The van der Waals surface area contributed by atoms with Gasteiger partial charge in [-0.25, -0.2) is 13.6 Å². The van der Waals surface area contributed by atoms with Crippen LogP contribution in [0.15, 0.2) is 23.1 Å². The van der Waals surface area contributed by atoms with Crippen LogP contribution < -0.4 is 15.2 Å². The van der Waals surface area contributed by atoms with Gasteiger partial charge in [0.05, 0.1) is 9.82 Å². The van der Waals surface area contributed by atoms with E-state index in [0.29, 0.717) is 13.1 Å². The van der Waals surface area contributed by atoms with Gasteiger partial charge in [0.2, 0.25) is 10.0 Å². The van der Waals surface area contributed by atoms with Gasteiger partial charge in [-0.1, -0.05) is 0 Å². The lowest BCUT2D eigenvalue weighted by atomic mass is 10.2. The number of primary sulfonamides is 1. The first-order chi connectivity index (χ1) is 8.38. The van der Waals surface area contributed by atoms with Gasteiger partial charge in [-0.15, -0.1) is 0 Å². The maximum atomic E-state index is 11.1. The molecule has 0 atom stereocenters. The van der Waals surface area contributed by atoms with E-state index < -0.39 is 20.6 Å². The Morgan fingerprint density at radius 2 is 2.11 bits per heavy atom. The molecular formula is C9H11N3O5S. The van der Waals surface area contributed by atoms with E-state index in [1.165, 1.54) is 12.1 Å². The maximum Gasteiger partial charge on any atom is 0.312 e. The number of nitrogens with one attached hydrogen (secondary N) is 1. The first-order valence-corrected chi connectivity index (χ1v) is 6.61. The zero-order chi connectivity index (χ0) is 13.3. The van der Waals surface area contributed by atoms with Crippen LogP contribution in [0, 0.1) is 10.1 Å². The molecule has 0 radical (unpaired) electrons. The fourth-order valence-corrected chi connectivity index (χ4v) is 1.98. The highest BCUT2D eigenvalue weighted by atomic mass is 32.2. The van der Waals surface area contributed by atoms with Crippen molar-refractivity contribution >= 4 is 15.7 Å². The Morgan fingerprint density at radius 3 is 2.56 bits per heavy atom. The van der Waals surface area contributed by atoms with Crippen molar-refractivity contribution in [2.45, 2.75) is 11.0 Å². The summed E-state index contributed by atoms with van der Waals surface area (Å²) in [5.74, 6) is 0.0406. The Kier molecular flexibility index (Phi) is 3.20. The van der Waals surface area contributed by atoms with Crippen molar-refractivity contribution in [2.75, 3.05) is 13.1 Å². The molecule has 0 aromatic heterocycles. The lowest BCUT2D eigenvalue weighted by molar-refractivity contribution is -0.386. The standard InChI is InChI=1S/C9H11N3O5S/c10-18(15,16)7-1-2-9(8(3-7)12(13)14)17-6-4-11-5-6/h1-3,6,11H,4-5H2,(H2,10,15,16). The molecule has 0 aliphatic carbocycles. The van der Waals surface area contributed by atoms with Crippen LogP contribution in [0.4, 0.5) is 5.69 Å². The molecule has 8 nitrogen and oxygen atoms in total. The minimum Gasteiger partial charge on any atom is -0.481 e. The zero-order valence-corrected chi connectivity index (χ0v) is 10.0. The molecule has 0 spiro atoms. The van der Waals surface area contributed by atoms with E-state index in [2.05, 4.69) is 5.32 Å². The second-order valence-corrected chi connectivity index (χ2v) is 5.39. The number of ether oxygens (including phenoxy) is 1. The monoisotopic (exact) mass is 273 g/mol. The third-order valence-electron chi connectivity index (χ3n) is 2.49. The number of hydrogen-bond acceptors (Lipinski definition) is 6. The van der Waals surface area contributed by atoms with Crippen LogP contribution in [-0.2, 0) is 10.0 Å². The summed E-state index contributed by atoms with van der Waals surface area (Å²) in [6.07, 6.45) is -0.135. The average Bonchev–Trinajstić information content (AvgIpc) is 2.21. The molecule has 0 saturated carbocycles. The summed E-state index contributed by atoms with van der Waals surface area (Å²) in [6, 6.07) is 3.33. The highest BCUT2D eigenvalue weighted by Gasteiger charge is 2.25. The summed E-state index contributed by atoms with van der Waals surface area (Å²) >= 11 is 0. The summed E-state index contributed by atoms with van der Waals surface area (Å²) in [5, 5.41) is 18.7. The molecule has 2 rings (SSSR count). The zero-order valence-electron chi connectivity index (χ0n) is 9.20. The van der Waals surface area contributed by atoms with Gasteiger partial charge < -0.3 is 10.1 Å². The molecule has 1 saturated heterocycles. The van der Waals surface area contributed by atoms with E-state index in [9.17, 15) is 18.5 Å². The molecule has 0 bridgehead atoms. The second kappa shape index (κ2) is 4.52. The van der Waals surface area contributed by atoms with E-state index in [1.54, 1.807) is 0 Å². The molecule has 0 unspecified atom stereocenters. The van der Waals surface area contributed by atoms with Gasteiger partial charge in [-0.3, -0.25) is 10.1 Å². The molecule has 3 N–H and O–H groups in total. The first kappa shape index (κ1) is 12.7. The molecule has 1 aliphatic heterocycles. The van der Waals surface area contributed by atoms with Gasteiger partial charge in [0.25, 0.3) is 0 Å². The van der Waals surface area contributed by atoms with Crippen molar-refractivity contribution < 1.29 is 18.1 Å². The lowest BCUT2D eigenvalue weighted by Gasteiger charge is -2.27. The predicted molar refractivity (Wildman–Crippen MR) is 61.8 cm³/mol. The van der Waals surface area contributed by atoms with Crippen LogP contribution in [0.25, 0.3) is 0 Å². The average molecular weight is 273 g/mol. The van der Waals surface area contributed by atoms with Crippen LogP contribution in [0.1, 0.15) is 0 Å². The Balaban J connectivity index is 2.37. The van der Waals surface area contributed by atoms with Crippen molar-refractivity contribution in [2.24, 2.45) is 5.14 Å². The number of hydrogen-bond donors (Lipinski definition) is 2. The number of nitro benzene ring substituents is 1. The van der Waals surface area contributed by atoms with Crippen LogP contribution >= 0.6 is 0 Å². The Labute approximate surface area is 103 Å². The number of benzene rings is 1. The van der Waals surface area contributed by atoms with Crippen LogP contribution in [0.5, 0.6) is 5.75 Å². The minimum absolute atomic E-state index is 0.0406. The van der Waals surface area contributed by atoms with Crippen molar-refractivity contribution in [1.29, 1.82) is 0 Å². The molecule has 1 aromatic carbocycles. The van der Waals surface area contributed by atoms with E-state index in [0.717, 1.165) is 6.07 Å². The molecule has 1 aliphatic rings. The Morgan fingerprint density at radius 1 is 1.44 bits per heavy atom. The number of nitrogens with two attached hydrogens (primary N) is 1. The summed E-state index contributed by atoms with van der Waals surface area (Å²) in [7, 11) is -3.97. The minimum atomic E-state index is -3.97. The number of nitrogens with zero attached hydrogens (tertiary/aromatic N) is 1. The maximum absolute atomic E-state index is 11.1. The van der Waals surface area contributed by atoms with Gasteiger partial charge >= 0.3 is 5.69 Å². The van der Waals surface area contributed by atoms with Crippen molar-refractivity contribution in [1.82, 2.24) is 5.32 Å². The molecule has 1 heterocycles. The highest BCUT2D eigenvalue weighted by molar-refractivity contribution is 7.89. The summed E-state index contributed by atoms with van der Waals surface area (Å²) in [5.41, 5.74) is -0.409. The SMILES string of the molecule is NS(=O)(=O)c1ccc(OC2CNC2)c([N+](=O)[O-])c1.